The van der Waals surface area contributed by atoms with Gasteiger partial charge in [0.1, 0.15) is 24.2 Å². The predicted octanol–water partition coefficient (Wildman–Crippen LogP) is 7.10. The lowest BCUT2D eigenvalue weighted by molar-refractivity contribution is -0.148. The molecule has 3 aromatic rings. The molecule has 5 rings (SSSR count). The molecule has 2 aliphatic rings. The minimum Gasteiger partial charge on any atom is -0.381 e. The van der Waals surface area contributed by atoms with Gasteiger partial charge in [0.05, 0.1) is 42.7 Å². The number of primary amides is 1. The molecule has 0 aromatic heterocycles. The molecule has 1 saturated heterocycles. The quantitative estimate of drug-likeness (QED) is 0.0256. The molecule has 2 aliphatic heterocycles. The average molecular weight is 1390 g/mol. The van der Waals surface area contributed by atoms with E-state index in [9.17, 15) is 47.9 Å². The number of anilines is 3. The predicted molar refractivity (Wildman–Crippen MR) is 389 cm³/mol. The first kappa shape index (κ1) is 82.0. The number of benzene rings is 3. The smallest absolute Gasteiger partial charge is 0.312 e. The standard InChI is InChI=1S/C75H113N13O12/c1-16-49(8)67(86(13)74(97)65(47(4)5)84-73(96)66(48(6)7)85(11)12)60(99-14)44-63(91)88-42-24-28-59(88)68(100-15)51(10)69(92)82-58(43-52-25-19-17-20-26-52)71(94)80-56-37-35-54(36-38-56)78-45-53-31-33-55(34-32-53)79-70(93)57(27-23-40-77-75(76)98)81-72(95)64(46(2)3)83-61(89)29-21-18-22-41-87-50(9)30-39-62(87)90/h17,19-20,25-26,30-39,46-49,51,57-60,64-68,78H,9,16,18,21-24,27-29,40-45H2,1-8,10-15H3,(H,79,93)(H,80,94)(H,81,95)(H,82,92)(H,83,89)(H,84,96)(H3,76,77,98)/t49-,51+,57-,58-,59-,60+,64?,65-,66-,67-,68+/m0/s1. The third-order valence-electron chi connectivity index (χ3n) is 18.9. The lowest BCUT2D eigenvalue weighted by atomic mass is 9.89. The van der Waals surface area contributed by atoms with E-state index in [1.807, 2.05) is 115 Å². The van der Waals surface area contributed by atoms with Gasteiger partial charge in [-0.2, -0.15) is 0 Å². The van der Waals surface area contributed by atoms with Crippen LogP contribution in [-0.4, -0.2) is 188 Å². The van der Waals surface area contributed by atoms with E-state index in [-0.39, 0.29) is 85.4 Å². The van der Waals surface area contributed by atoms with E-state index >= 15 is 0 Å². The second-order valence-electron chi connectivity index (χ2n) is 27.7. The van der Waals surface area contributed by atoms with Crippen molar-refractivity contribution in [1.29, 1.82) is 0 Å². The highest BCUT2D eigenvalue weighted by molar-refractivity contribution is 5.99. The van der Waals surface area contributed by atoms with Crippen LogP contribution in [0.3, 0.4) is 0 Å². The van der Waals surface area contributed by atoms with Gasteiger partial charge in [0.15, 0.2) is 0 Å². The molecule has 11 amide bonds. The third kappa shape index (κ3) is 24.6. The maximum atomic E-state index is 14.6. The molecule has 25 nitrogen and oxygen atoms in total. The summed E-state index contributed by atoms with van der Waals surface area (Å²) in [5.74, 6) is -4.50. The van der Waals surface area contributed by atoms with Gasteiger partial charge in [-0.3, -0.25) is 48.1 Å². The van der Waals surface area contributed by atoms with Crippen molar-refractivity contribution in [1.82, 2.24) is 46.2 Å². The van der Waals surface area contributed by atoms with Gasteiger partial charge in [-0.1, -0.05) is 124 Å². The molecular formula is C75H113N13O12. The number of likely N-dealkylation sites (tertiary alicyclic amines) is 1. The van der Waals surface area contributed by atoms with Gasteiger partial charge in [0, 0.05) is 89.1 Å². The Bertz CT molecular complexity index is 3210. The molecule has 0 bridgehead atoms. The molecule has 10 N–H and O–H groups in total. The molecular weight excluding hydrogens is 1270 g/mol. The number of likely N-dealkylation sites (N-methyl/N-ethyl adjacent to an activating group) is 2. The van der Waals surface area contributed by atoms with E-state index in [2.05, 4.69) is 49.1 Å². The minimum absolute atomic E-state index is 0.000896. The number of nitrogens with two attached hydrogens (primary N) is 1. The number of nitrogens with zero attached hydrogens (tertiary/aromatic N) is 4. The zero-order chi connectivity index (χ0) is 73.9. The number of hydrogen-bond donors (Lipinski definition) is 9. The van der Waals surface area contributed by atoms with Gasteiger partial charge in [-0.05, 0) is 130 Å². The van der Waals surface area contributed by atoms with Crippen molar-refractivity contribution in [2.24, 2.45) is 35.3 Å². The van der Waals surface area contributed by atoms with Gasteiger partial charge in [0.25, 0.3) is 5.91 Å². The van der Waals surface area contributed by atoms with Crippen molar-refractivity contribution in [3.05, 3.63) is 114 Å². The number of carbonyl (C=O) groups is 10. The van der Waals surface area contributed by atoms with Crippen molar-refractivity contribution < 1.29 is 57.4 Å². The fraction of sp³-hybridized carbons (Fsp3) is 0.573. The SMILES string of the molecule is C=C1C=CC(=O)N1CCCCCC(=O)NC(C(=O)N[C@@H](CCCNC(N)=O)C(=O)Nc1ccc(CNc2ccc(NC(=O)[C@H](Cc3ccccc3)NC(=O)[C@H](C)[C@@H](OC)[C@@H]3CCCN3C(=O)C[C@@H](OC)[C@H]([C@@H](C)CC)N(C)C(=O)[C@@H](NC(=O)[C@H](C(C)C)N(C)C)C(C)C)cc2)cc1)C(C)C. The number of hydrogen-bond acceptors (Lipinski definition) is 14. The highest BCUT2D eigenvalue weighted by Gasteiger charge is 2.44. The van der Waals surface area contributed by atoms with Crippen LogP contribution in [0.2, 0.25) is 0 Å². The molecule has 100 heavy (non-hydrogen) atoms. The summed E-state index contributed by atoms with van der Waals surface area (Å²) in [4.78, 5) is 142. The number of ether oxygens (including phenoxy) is 2. The van der Waals surface area contributed by atoms with Crippen LogP contribution in [0, 0.1) is 29.6 Å². The zero-order valence-electron chi connectivity index (χ0n) is 61.3. The first-order chi connectivity index (χ1) is 47.5. The Morgan fingerprint density at radius 2 is 1.27 bits per heavy atom. The summed E-state index contributed by atoms with van der Waals surface area (Å²) < 4.78 is 12.2. The molecule has 0 radical (unpaired) electrons. The summed E-state index contributed by atoms with van der Waals surface area (Å²) in [6.45, 7) is 22.5. The van der Waals surface area contributed by atoms with E-state index in [1.54, 1.807) is 72.9 Å². The number of rotatable bonds is 41. The lowest BCUT2D eigenvalue weighted by Gasteiger charge is -2.41. The van der Waals surface area contributed by atoms with Crippen molar-refractivity contribution >= 4 is 76.3 Å². The fourth-order valence-corrected chi connectivity index (χ4v) is 13.1. The van der Waals surface area contributed by atoms with Crippen LogP contribution in [0.1, 0.15) is 138 Å². The lowest BCUT2D eigenvalue weighted by Crippen LogP contribution is -2.59. The second kappa shape index (κ2) is 40.5. The van der Waals surface area contributed by atoms with Gasteiger partial charge in [-0.25, -0.2) is 4.79 Å². The Labute approximate surface area is 592 Å². The van der Waals surface area contributed by atoms with Crippen LogP contribution >= 0.6 is 0 Å². The number of carbonyl (C=O) groups excluding carboxylic acids is 10. The van der Waals surface area contributed by atoms with Gasteiger partial charge in [-0.15, -0.1) is 0 Å². The number of methoxy groups -OCH3 is 2. The van der Waals surface area contributed by atoms with Crippen molar-refractivity contribution in [2.45, 2.75) is 194 Å². The van der Waals surface area contributed by atoms with Crippen LogP contribution in [0.4, 0.5) is 21.9 Å². The summed E-state index contributed by atoms with van der Waals surface area (Å²) in [6.07, 6.45) is 6.29. The fourth-order valence-electron chi connectivity index (χ4n) is 13.1. The molecule has 1 unspecified atom stereocenters. The molecule has 25 heteroatoms. The van der Waals surface area contributed by atoms with Crippen LogP contribution in [-0.2, 0) is 65.6 Å². The van der Waals surface area contributed by atoms with Crippen molar-refractivity contribution in [3.63, 3.8) is 0 Å². The summed E-state index contributed by atoms with van der Waals surface area (Å²) in [5, 5.41) is 23.5. The summed E-state index contributed by atoms with van der Waals surface area (Å²) in [6, 6.07) is 17.7. The number of allylic oxidation sites excluding steroid dienone is 1. The van der Waals surface area contributed by atoms with E-state index in [1.165, 1.54) is 20.3 Å². The molecule has 0 saturated carbocycles. The van der Waals surface area contributed by atoms with Crippen LogP contribution in [0.25, 0.3) is 0 Å². The van der Waals surface area contributed by atoms with Crippen molar-refractivity contribution in [3.8, 4) is 0 Å². The Morgan fingerprint density at radius 1 is 0.660 bits per heavy atom. The van der Waals surface area contributed by atoms with Gasteiger partial charge < -0.3 is 72.4 Å². The molecule has 0 spiro atoms. The van der Waals surface area contributed by atoms with E-state index in [0.29, 0.717) is 81.7 Å². The van der Waals surface area contributed by atoms with Crippen LogP contribution in [0.5, 0.6) is 0 Å². The Kier molecular flexibility index (Phi) is 33.2. The van der Waals surface area contributed by atoms with E-state index < -0.39 is 90.1 Å². The highest BCUT2D eigenvalue weighted by atomic mass is 16.5. The molecule has 11 atom stereocenters. The molecule has 550 valence electrons. The van der Waals surface area contributed by atoms with Gasteiger partial charge in [0.2, 0.25) is 47.3 Å². The van der Waals surface area contributed by atoms with E-state index in [0.717, 1.165) is 16.8 Å². The summed E-state index contributed by atoms with van der Waals surface area (Å²) >= 11 is 0. The zero-order valence-corrected chi connectivity index (χ0v) is 61.3. The molecule has 0 aliphatic carbocycles. The maximum absolute atomic E-state index is 14.6. The molecule has 3 aromatic carbocycles. The second-order valence-corrected chi connectivity index (χ2v) is 27.7. The first-order valence-electron chi connectivity index (χ1n) is 35.3. The maximum Gasteiger partial charge on any atom is 0.312 e. The monoisotopic (exact) mass is 1390 g/mol. The normalized spacial score (nSPS) is 16.8. The van der Waals surface area contributed by atoms with Crippen LogP contribution < -0.4 is 48.3 Å². The topological polar surface area (TPSA) is 324 Å². The largest absolute Gasteiger partial charge is 0.381 e. The Morgan fingerprint density at radius 3 is 1.83 bits per heavy atom. The molecule has 2 heterocycles. The summed E-state index contributed by atoms with van der Waals surface area (Å²) in [7, 11) is 8.45. The van der Waals surface area contributed by atoms with E-state index in [4.69, 9.17) is 15.2 Å². The number of amides is 11. The molecule has 1 fully saturated rings. The minimum atomic E-state index is -1.03. The van der Waals surface area contributed by atoms with Crippen LogP contribution in [0.15, 0.2) is 103 Å². The average Bonchev–Trinajstić information content (AvgIpc) is 1.46. The number of nitrogens with one attached hydrogen (secondary N) is 8. The third-order valence-corrected chi connectivity index (χ3v) is 18.9. The highest BCUT2D eigenvalue weighted by Crippen LogP contribution is 2.31. The number of unbranched alkanes of at least 4 members (excludes halogenated alkanes) is 2. The number of urea groups is 1. The first-order valence-corrected chi connectivity index (χ1v) is 35.3. The summed E-state index contributed by atoms with van der Waals surface area (Å²) in [5.41, 5.74) is 9.30. The Balaban J connectivity index is 1.18. The van der Waals surface area contributed by atoms with Gasteiger partial charge >= 0.3 is 6.03 Å². The Hall–Kier alpha value is -8.68. The van der Waals surface area contributed by atoms with Crippen molar-refractivity contribution in [2.75, 3.05) is 70.9 Å².